The summed E-state index contributed by atoms with van der Waals surface area (Å²) in [4.78, 5) is 30.0. The lowest BCUT2D eigenvalue weighted by Gasteiger charge is -2.34. The Bertz CT molecular complexity index is 1740. The lowest BCUT2D eigenvalue weighted by molar-refractivity contribution is -0.140. The van der Waals surface area contributed by atoms with Gasteiger partial charge in [0.15, 0.2) is 0 Å². The summed E-state index contributed by atoms with van der Waals surface area (Å²) in [5.74, 6) is -0.825. The molecule has 0 aliphatic rings. The van der Waals surface area contributed by atoms with E-state index in [4.69, 9.17) is 11.6 Å². The summed E-state index contributed by atoms with van der Waals surface area (Å²) in [7, 11) is -4.20. The monoisotopic (exact) mass is 645 g/mol. The maximum Gasteiger partial charge on any atom is 0.264 e. The van der Waals surface area contributed by atoms with E-state index >= 15 is 0 Å². The van der Waals surface area contributed by atoms with E-state index in [2.05, 4.69) is 5.32 Å². The molecule has 4 rings (SSSR count). The predicted molar refractivity (Wildman–Crippen MR) is 181 cm³/mol. The van der Waals surface area contributed by atoms with E-state index in [1.165, 1.54) is 17.0 Å². The van der Waals surface area contributed by atoms with Gasteiger partial charge in [-0.25, -0.2) is 8.42 Å². The van der Waals surface area contributed by atoms with Gasteiger partial charge in [0.05, 0.1) is 10.6 Å². The van der Waals surface area contributed by atoms with Crippen LogP contribution in [0.3, 0.4) is 0 Å². The number of benzene rings is 4. The van der Waals surface area contributed by atoms with Crippen LogP contribution in [0.4, 0.5) is 5.69 Å². The Morgan fingerprint density at radius 3 is 2.09 bits per heavy atom. The number of aryl methyl sites for hydroxylation is 3. The fourth-order valence-corrected chi connectivity index (χ4v) is 6.86. The van der Waals surface area contributed by atoms with Crippen LogP contribution in [0.25, 0.3) is 0 Å². The average molecular weight is 646 g/mol. The highest BCUT2D eigenvalue weighted by Gasteiger charge is 2.35. The summed E-state index contributed by atoms with van der Waals surface area (Å²) < 4.78 is 29.6. The molecule has 0 bridgehead atoms. The van der Waals surface area contributed by atoms with Gasteiger partial charge in [0, 0.05) is 24.0 Å². The molecule has 1 N–H and O–H groups in total. The number of sulfonamides is 1. The molecule has 7 nitrogen and oxygen atoms in total. The molecule has 0 aromatic heterocycles. The number of amides is 2. The van der Waals surface area contributed by atoms with Gasteiger partial charge in [-0.1, -0.05) is 83.9 Å². The predicted octanol–water partition coefficient (Wildman–Crippen LogP) is 6.63. The van der Waals surface area contributed by atoms with Gasteiger partial charge in [-0.3, -0.25) is 13.9 Å². The van der Waals surface area contributed by atoms with E-state index in [-0.39, 0.29) is 29.8 Å². The van der Waals surface area contributed by atoms with Gasteiger partial charge in [-0.05, 0) is 87.2 Å². The van der Waals surface area contributed by atoms with Crippen LogP contribution in [0.15, 0.2) is 102 Å². The van der Waals surface area contributed by atoms with E-state index in [9.17, 15) is 18.0 Å². The first kappa shape index (κ1) is 33.7. The fourth-order valence-electron chi connectivity index (χ4n) is 5.16. The minimum absolute atomic E-state index is 0.0547. The number of rotatable bonds is 12. The van der Waals surface area contributed by atoms with Crippen LogP contribution in [-0.2, 0) is 32.6 Å². The van der Waals surface area contributed by atoms with Crippen molar-refractivity contribution < 1.29 is 18.0 Å². The third-order valence-corrected chi connectivity index (χ3v) is 9.63. The van der Waals surface area contributed by atoms with Gasteiger partial charge in [-0.2, -0.15) is 0 Å². The van der Waals surface area contributed by atoms with E-state index in [0.29, 0.717) is 16.3 Å². The zero-order valence-corrected chi connectivity index (χ0v) is 27.9. The second kappa shape index (κ2) is 14.8. The molecule has 236 valence electrons. The molecule has 4 aromatic rings. The molecule has 9 heteroatoms. The maximum absolute atomic E-state index is 14.6. The van der Waals surface area contributed by atoms with Crippen LogP contribution in [0.5, 0.6) is 0 Å². The van der Waals surface area contributed by atoms with Crippen LogP contribution < -0.4 is 9.62 Å². The lowest BCUT2D eigenvalue weighted by Crippen LogP contribution is -2.54. The van der Waals surface area contributed by atoms with Crippen LogP contribution >= 0.6 is 11.6 Å². The van der Waals surface area contributed by atoms with Crippen molar-refractivity contribution in [3.05, 3.63) is 130 Å². The van der Waals surface area contributed by atoms with Gasteiger partial charge >= 0.3 is 0 Å². The molecule has 0 unspecified atom stereocenters. The molecule has 4 aromatic carbocycles. The number of hydrogen-bond acceptors (Lipinski definition) is 4. The Labute approximate surface area is 271 Å². The molecule has 0 saturated carbocycles. The van der Waals surface area contributed by atoms with Gasteiger partial charge < -0.3 is 10.2 Å². The highest BCUT2D eigenvalue weighted by Crippen LogP contribution is 2.30. The summed E-state index contributed by atoms with van der Waals surface area (Å²) in [6.45, 7) is 8.90. The number of hydrogen-bond donors (Lipinski definition) is 1. The Morgan fingerprint density at radius 1 is 0.822 bits per heavy atom. The minimum Gasteiger partial charge on any atom is -0.352 e. The topological polar surface area (TPSA) is 86.8 Å². The molecule has 2 amide bonds. The van der Waals surface area contributed by atoms with Crippen molar-refractivity contribution in [3.8, 4) is 0 Å². The van der Waals surface area contributed by atoms with E-state index < -0.39 is 28.5 Å². The van der Waals surface area contributed by atoms with Crippen molar-refractivity contribution in [2.24, 2.45) is 0 Å². The molecule has 0 aliphatic carbocycles. The standard InChI is InChI=1S/C36H40ClN3O4S/c1-25(2)38-36(42)34(22-29-12-7-6-8-13-29)39(23-30-14-10-9-11-27(30)4)35(41)24-40(33-20-17-31(37)21-28(33)5)45(43,44)32-18-15-26(3)16-19-32/h6-21,25,34H,22-24H2,1-5H3,(H,38,42)/t34-/m1/s1. The number of nitrogens with one attached hydrogen (secondary N) is 1. The normalized spacial score (nSPS) is 12.1. The van der Waals surface area contributed by atoms with Gasteiger partial charge in [-0.15, -0.1) is 0 Å². The molecule has 0 fully saturated rings. The van der Waals surface area contributed by atoms with Crippen molar-refractivity contribution in [2.75, 3.05) is 10.8 Å². The highest BCUT2D eigenvalue weighted by molar-refractivity contribution is 7.92. The number of halogens is 1. The van der Waals surface area contributed by atoms with Gasteiger partial charge in [0.1, 0.15) is 12.6 Å². The SMILES string of the molecule is Cc1ccc(S(=O)(=O)N(CC(=O)N(Cc2ccccc2C)[C@H](Cc2ccccc2)C(=O)NC(C)C)c2ccc(Cl)cc2C)cc1. The zero-order chi connectivity index (χ0) is 32.7. The zero-order valence-electron chi connectivity index (χ0n) is 26.3. The molecule has 0 heterocycles. The van der Waals surface area contributed by atoms with E-state index in [1.54, 1.807) is 37.3 Å². The Hall–Kier alpha value is -4.14. The van der Waals surface area contributed by atoms with Gasteiger partial charge in [0.2, 0.25) is 11.8 Å². The third kappa shape index (κ3) is 8.53. The Balaban J connectivity index is 1.84. The first-order chi connectivity index (χ1) is 21.4. The van der Waals surface area contributed by atoms with Crippen molar-refractivity contribution in [3.63, 3.8) is 0 Å². The maximum atomic E-state index is 14.6. The molecule has 0 saturated heterocycles. The summed E-state index contributed by atoms with van der Waals surface area (Å²) in [5.41, 5.74) is 4.52. The second-order valence-corrected chi connectivity index (χ2v) is 13.9. The fraction of sp³-hybridized carbons (Fsp3) is 0.278. The quantitative estimate of drug-likeness (QED) is 0.188. The summed E-state index contributed by atoms with van der Waals surface area (Å²) in [6, 6.07) is 27.5. The van der Waals surface area contributed by atoms with Crippen molar-refractivity contribution in [1.82, 2.24) is 10.2 Å². The van der Waals surface area contributed by atoms with Crippen molar-refractivity contribution in [1.29, 1.82) is 0 Å². The summed E-state index contributed by atoms with van der Waals surface area (Å²) in [6.07, 6.45) is 0.252. The first-order valence-electron chi connectivity index (χ1n) is 14.9. The molecule has 45 heavy (non-hydrogen) atoms. The van der Waals surface area contributed by atoms with Crippen LogP contribution in [0.1, 0.15) is 41.7 Å². The summed E-state index contributed by atoms with van der Waals surface area (Å²) in [5, 5.41) is 3.43. The van der Waals surface area contributed by atoms with Crippen LogP contribution in [0, 0.1) is 20.8 Å². The Kier molecular flexibility index (Phi) is 11.1. The van der Waals surface area contributed by atoms with Gasteiger partial charge in [0.25, 0.3) is 10.0 Å². The molecule has 0 aliphatic heterocycles. The first-order valence-corrected chi connectivity index (χ1v) is 16.7. The second-order valence-electron chi connectivity index (χ2n) is 11.6. The number of carbonyl (C=O) groups is 2. The molecule has 0 spiro atoms. The molecule has 1 atom stereocenters. The summed E-state index contributed by atoms with van der Waals surface area (Å²) >= 11 is 6.24. The van der Waals surface area contributed by atoms with Crippen LogP contribution in [-0.4, -0.2) is 43.8 Å². The average Bonchev–Trinajstić information content (AvgIpc) is 2.99. The van der Waals surface area contributed by atoms with Crippen molar-refractivity contribution >= 4 is 39.1 Å². The smallest absolute Gasteiger partial charge is 0.264 e. The van der Waals surface area contributed by atoms with E-state index in [1.807, 2.05) is 82.3 Å². The third-order valence-electron chi connectivity index (χ3n) is 7.62. The van der Waals surface area contributed by atoms with Crippen molar-refractivity contribution in [2.45, 2.75) is 64.6 Å². The number of nitrogens with zero attached hydrogens (tertiary/aromatic N) is 2. The molecular formula is C36H40ClN3O4S. The highest BCUT2D eigenvalue weighted by atomic mass is 35.5. The lowest BCUT2D eigenvalue weighted by atomic mass is 10.0. The molecule has 0 radical (unpaired) electrons. The van der Waals surface area contributed by atoms with Crippen LogP contribution in [0.2, 0.25) is 5.02 Å². The minimum atomic E-state index is -4.20. The largest absolute Gasteiger partial charge is 0.352 e. The number of anilines is 1. The van der Waals surface area contributed by atoms with E-state index in [0.717, 1.165) is 26.6 Å². The number of carbonyl (C=O) groups excluding carboxylic acids is 2. The Morgan fingerprint density at radius 2 is 1.47 bits per heavy atom. The molecular weight excluding hydrogens is 606 g/mol.